The summed E-state index contributed by atoms with van der Waals surface area (Å²) in [6.07, 6.45) is 3.95. The van der Waals surface area contributed by atoms with Crippen LogP contribution < -0.4 is 0 Å². The van der Waals surface area contributed by atoms with Crippen LogP contribution in [0.15, 0.2) is 30.3 Å². The Kier molecular flexibility index (Phi) is 3.29. The summed E-state index contributed by atoms with van der Waals surface area (Å²) < 4.78 is 0. The zero-order valence-corrected chi connectivity index (χ0v) is 13.4. The summed E-state index contributed by atoms with van der Waals surface area (Å²) in [6.45, 7) is 6.58. The zero-order valence-electron chi connectivity index (χ0n) is 13.4. The fraction of sp³-hybridized carbons (Fsp3) is 0.632. The van der Waals surface area contributed by atoms with E-state index in [1.165, 1.54) is 5.56 Å². The van der Waals surface area contributed by atoms with E-state index in [1.807, 2.05) is 30.3 Å². The second-order valence-electron chi connectivity index (χ2n) is 7.76. The third-order valence-corrected chi connectivity index (χ3v) is 6.84. The van der Waals surface area contributed by atoms with E-state index in [4.69, 9.17) is 0 Å². The Labute approximate surface area is 127 Å². The van der Waals surface area contributed by atoms with Gasteiger partial charge in [0.15, 0.2) is 5.78 Å². The minimum absolute atomic E-state index is 0.0455. The van der Waals surface area contributed by atoms with Crippen LogP contribution in [0.3, 0.4) is 0 Å². The van der Waals surface area contributed by atoms with Gasteiger partial charge in [0, 0.05) is 11.8 Å². The highest BCUT2D eigenvalue weighted by molar-refractivity contribution is 5.89. The Morgan fingerprint density at radius 3 is 2.43 bits per heavy atom. The van der Waals surface area contributed by atoms with Crippen molar-refractivity contribution in [1.29, 1.82) is 0 Å². The molecule has 1 aromatic rings. The maximum absolute atomic E-state index is 12.8. The Hall–Kier alpha value is -1.15. The summed E-state index contributed by atoms with van der Waals surface area (Å²) in [5.41, 5.74) is -0.154. The smallest absolute Gasteiger partial charge is 0.165 e. The maximum Gasteiger partial charge on any atom is 0.165 e. The molecule has 2 heteroatoms. The van der Waals surface area contributed by atoms with Crippen molar-refractivity contribution in [1.82, 2.24) is 0 Å². The van der Waals surface area contributed by atoms with Crippen molar-refractivity contribution in [2.75, 3.05) is 0 Å². The average molecular weight is 286 g/mol. The van der Waals surface area contributed by atoms with Crippen molar-refractivity contribution in [3.05, 3.63) is 35.9 Å². The number of ketones is 1. The molecule has 114 valence electrons. The molecular formula is C19H26O2. The second-order valence-corrected chi connectivity index (χ2v) is 7.76. The van der Waals surface area contributed by atoms with Crippen molar-refractivity contribution in [2.45, 2.75) is 58.5 Å². The second kappa shape index (κ2) is 4.67. The monoisotopic (exact) mass is 286 g/mol. The number of aliphatic hydroxyl groups is 1. The van der Waals surface area contributed by atoms with E-state index in [9.17, 15) is 9.90 Å². The van der Waals surface area contributed by atoms with Gasteiger partial charge in [-0.25, -0.2) is 0 Å². The first-order valence-electron chi connectivity index (χ1n) is 8.11. The summed E-state index contributed by atoms with van der Waals surface area (Å²) in [5, 5.41) is 11.2. The molecule has 0 unspecified atom stereocenters. The van der Waals surface area contributed by atoms with E-state index >= 15 is 0 Å². The summed E-state index contributed by atoms with van der Waals surface area (Å²) in [6, 6.07) is 10.1. The van der Waals surface area contributed by atoms with Gasteiger partial charge in [-0.05, 0) is 42.6 Å². The van der Waals surface area contributed by atoms with E-state index in [0.29, 0.717) is 18.8 Å². The van der Waals surface area contributed by atoms with Crippen LogP contribution in [0.1, 0.15) is 52.0 Å². The first kappa shape index (κ1) is 14.8. The molecule has 0 aliphatic heterocycles. The SMILES string of the molecule is CC1(C)[C@@H]2CC[C@@]1(C)[C@@](O)(C(=O)CCc1ccccc1)C2. The molecule has 2 bridgehead atoms. The molecule has 3 atom stereocenters. The lowest BCUT2D eigenvalue weighted by Crippen LogP contribution is -2.53. The number of fused-ring (bicyclic) bond motifs is 2. The first-order chi connectivity index (χ1) is 9.81. The van der Waals surface area contributed by atoms with Crippen LogP contribution in [-0.2, 0) is 11.2 Å². The highest BCUT2D eigenvalue weighted by Crippen LogP contribution is 2.69. The van der Waals surface area contributed by atoms with Crippen LogP contribution in [0, 0.1) is 16.7 Å². The van der Waals surface area contributed by atoms with Crippen molar-refractivity contribution >= 4 is 5.78 Å². The Morgan fingerprint density at radius 2 is 1.90 bits per heavy atom. The van der Waals surface area contributed by atoms with E-state index < -0.39 is 5.60 Å². The average Bonchev–Trinajstić information content (AvgIpc) is 2.78. The molecule has 0 saturated heterocycles. The van der Waals surface area contributed by atoms with Gasteiger partial charge in [-0.2, -0.15) is 0 Å². The van der Waals surface area contributed by atoms with E-state index in [0.717, 1.165) is 19.3 Å². The molecule has 2 aliphatic carbocycles. The number of hydrogen-bond donors (Lipinski definition) is 1. The Balaban J connectivity index is 1.76. The summed E-state index contributed by atoms with van der Waals surface area (Å²) in [5.74, 6) is 0.525. The normalized spacial score (nSPS) is 36.9. The summed E-state index contributed by atoms with van der Waals surface area (Å²) >= 11 is 0. The van der Waals surface area contributed by atoms with Gasteiger partial charge in [0.2, 0.25) is 0 Å². The third-order valence-electron chi connectivity index (χ3n) is 6.84. The minimum atomic E-state index is -1.12. The van der Waals surface area contributed by atoms with Gasteiger partial charge in [0.1, 0.15) is 5.60 Å². The molecule has 0 radical (unpaired) electrons. The number of aryl methyl sites for hydroxylation is 1. The fourth-order valence-corrected chi connectivity index (χ4v) is 4.81. The van der Waals surface area contributed by atoms with E-state index in [2.05, 4.69) is 20.8 Å². The lowest BCUT2D eigenvalue weighted by atomic mass is 9.62. The largest absolute Gasteiger partial charge is 0.381 e. The number of carbonyl (C=O) groups is 1. The molecule has 2 fully saturated rings. The number of carbonyl (C=O) groups excluding carboxylic acids is 1. The topological polar surface area (TPSA) is 37.3 Å². The predicted molar refractivity (Wildman–Crippen MR) is 83.9 cm³/mol. The van der Waals surface area contributed by atoms with Crippen LogP contribution in [-0.4, -0.2) is 16.5 Å². The number of Topliss-reactive ketones (excluding diaryl/α,β-unsaturated/α-hetero) is 1. The van der Waals surface area contributed by atoms with Crippen molar-refractivity contribution < 1.29 is 9.90 Å². The molecule has 0 aromatic heterocycles. The predicted octanol–water partition coefficient (Wildman–Crippen LogP) is 3.77. The fourth-order valence-electron chi connectivity index (χ4n) is 4.81. The molecule has 2 nitrogen and oxygen atoms in total. The highest BCUT2D eigenvalue weighted by atomic mass is 16.3. The molecular weight excluding hydrogens is 260 g/mol. The summed E-state index contributed by atoms with van der Waals surface area (Å²) in [4.78, 5) is 12.8. The van der Waals surface area contributed by atoms with Crippen LogP contribution in [0.2, 0.25) is 0 Å². The standard InChI is InChI=1S/C19H26O2/c1-17(2)15-11-12-18(17,3)19(21,13-15)16(20)10-9-14-7-5-4-6-8-14/h4-8,15,21H,9-13H2,1-3H3/t15-,18-,19+/m1/s1. The van der Waals surface area contributed by atoms with Crippen LogP contribution in [0.25, 0.3) is 0 Å². The third kappa shape index (κ3) is 1.92. The van der Waals surface area contributed by atoms with Crippen molar-refractivity contribution in [3.8, 4) is 0 Å². The lowest BCUT2D eigenvalue weighted by Gasteiger charge is -2.44. The van der Waals surface area contributed by atoms with Crippen LogP contribution in [0.5, 0.6) is 0 Å². The highest BCUT2D eigenvalue weighted by Gasteiger charge is 2.70. The van der Waals surface area contributed by atoms with Gasteiger partial charge in [-0.1, -0.05) is 51.1 Å². The van der Waals surface area contributed by atoms with Gasteiger partial charge in [0.05, 0.1) is 0 Å². The molecule has 3 rings (SSSR count). The van der Waals surface area contributed by atoms with E-state index in [-0.39, 0.29) is 16.6 Å². The van der Waals surface area contributed by atoms with Gasteiger partial charge in [0.25, 0.3) is 0 Å². The van der Waals surface area contributed by atoms with Gasteiger partial charge in [-0.15, -0.1) is 0 Å². The Bertz CT molecular complexity index is 548. The lowest BCUT2D eigenvalue weighted by molar-refractivity contribution is -0.155. The molecule has 1 aromatic carbocycles. The molecule has 0 heterocycles. The minimum Gasteiger partial charge on any atom is -0.381 e. The van der Waals surface area contributed by atoms with Crippen molar-refractivity contribution in [3.63, 3.8) is 0 Å². The molecule has 21 heavy (non-hydrogen) atoms. The zero-order chi connectivity index (χ0) is 15.3. The molecule has 1 N–H and O–H groups in total. The quantitative estimate of drug-likeness (QED) is 0.915. The number of benzene rings is 1. The number of rotatable bonds is 4. The van der Waals surface area contributed by atoms with Crippen LogP contribution >= 0.6 is 0 Å². The van der Waals surface area contributed by atoms with E-state index in [1.54, 1.807) is 0 Å². The van der Waals surface area contributed by atoms with Crippen LogP contribution in [0.4, 0.5) is 0 Å². The molecule has 0 spiro atoms. The molecule has 2 aliphatic rings. The first-order valence-corrected chi connectivity index (χ1v) is 8.11. The maximum atomic E-state index is 12.8. The van der Waals surface area contributed by atoms with Gasteiger partial charge >= 0.3 is 0 Å². The Morgan fingerprint density at radius 1 is 1.24 bits per heavy atom. The molecule has 2 saturated carbocycles. The van der Waals surface area contributed by atoms with Gasteiger partial charge in [-0.3, -0.25) is 4.79 Å². The van der Waals surface area contributed by atoms with Gasteiger partial charge < -0.3 is 5.11 Å². The van der Waals surface area contributed by atoms with Crippen molar-refractivity contribution in [2.24, 2.45) is 16.7 Å². The summed E-state index contributed by atoms with van der Waals surface area (Å²) in [7, 11) is 0. The number of hydrogen-bond acceptors (Lipinski definition) is 2. The molecule has 0 amide bonds.